The summed E-state index contributed by atoms with van der Waals surface area (Å²) in [5.74, 6) is 0.875. The highest BCUT2D eigenvalue weighted by Crippen LogP contribution is 2.22. The van der Waals surface area contributed by atoms with Gasteiger partial charge in [-0.15, -0.1) is 0 Å². The third kappa shape index (κ3) is 2.74. The molecule has 3 rings (SSSR count). The van der Waals surface area contributed by atoms with Gasteiger partial charge >= 0.3 is 0 Å². The zero-order valence-corrected chi connectivity index (χ0v) is 14.0. The number of aromatic nitrogens is 2. The summed E-state index contributed by atoms with van der Waals surface area (Å²) in [6.07, 6.45) is 0. The fourth-order valence-corrected chi connectivity index (χ4v) is 3.31. The quantitative estimate of drug-likeness (QED) is 0.722. The normalized spacial score (nSPS) is 11.0. The summed E-state index contributed by atoms with van der Waals surface area (Å²) in [5.41, 5.74) is 2.62. The molecule has 0 saturated heterocycles. The average Bonchev–Trinajstić information content (AvgIpc) is 3.13. The first-order chi connectivity index (χ1) is 10.6. The molecule has 6 heteroatoms. The molecule has 0 aliphatic rings. The Bertz CT molecular complexity index is 810. The number of nitrogens with zero attached hydrogens (tertiary/aromatic N) is 3. The van der Waals surface area contributed by atoms with Crippen molar-refractivity contribution in [1.29, 1.82) is 0 Å². The number of halogens is 1. The molecule has 22 heavy (non-hydrogen) atoms. The van der Waals surface area contributed by atoms with Crippen LogP contribution in [0.15, 0.2) is 35.0 Å². The summed E-state index contributed by atoms with van der Waals surface area (Å²) in [4.78, 5) is 18.7. The van der Waals surface area contributed by atoms with E-state index in [4.69, 9.17) is 11.6 Å². The molecule has 114 valence electrons. The highest BCUT2D eigenvalue weighted by Gasteiger charge is 2.16. The summed E-state index contributed by atoms with van der Waals surface area (Å²) in [5, 5.41) is 4.46. The second-order valence-electron chi connectivity index (χ2n) is 5.08. The lowest BCUT2D eigenvalue weighted by Crippen LogP contribution is -2.27. The SMILES string of the molecule is CCn1c(CN(C)C(=O)c2ccsc2)nc2ccc(Cl)cc21. The monoisotopic (exact) mass is 333 g/mol. The number of carbonyl (C=O) groups is 1. The molecule has 1 aromatic carbocycles. The predicted octanol–water partition coefficient (Wildman–Crippen LogP) is 4.04. The number of hydrogen-bond acceptors (Lipinski definition) is 3. The molecule has 2 aromatic heterocycles. The Morgan fingerprint density at radius 2 is 2.23 bits per heavy atom. The first-order valence-corrected chi connectivity index (χ1v) is 8.34. The van der Waals surface area contributed by atoms with Gasteiger partial charge in [-0.05, 0) is 36.6 Å². The summed E-state index contributed by atoms with van der Waals surface area (Å²) >= 11 is 7.60. The van der Waals surface area contributed by atoms with Crippen molar-refractivity contribution in [3.05, 3.63) is 51.4 Å². The number of aryl methyl sites for hydroxylation is 1. The standard InChI is InChI=1S/C16H16ClN3OS/c1-3-20-14-8-12(17)4-5-13(14)18-15(20)9-19(2)16(21)11-6-7-22-10-11/h4-8,10H,3,9H2,1-2H3. The van der Waals surface area contributed by atoms with Crippen molar-refractivity contribution in [2.45, 2.75) is 20.0 Å². The van der Waals surface area contributed by atoms with E-state index < -0.39 is 0 Å². The highest BCUT2D eigenvalue weighted by molar-refractivity contribution is 7.08. The second kappa shape index (κ2) is 6.10. The van der Waals surface area contributed by atoms with Gasteiger partial charge in [0.1, 0.15) is 5.82 Å². The minimum atomic E-state index is 0.00833. The first kappa shape index (κ1) is 15.1. The Kier molecular flexibility index (Phi) is 4.18. The van der Waals surface area contributed by atoms with Crippen LogP contribution < -0.4 is 0 Å². The molecular formula is C16H16ClN3OS. The smallest absolute Gasteiger partial charge is 0.254 e. The van der Waals surface area contributed by atoms with Crippen molar-refractivity contribution in [2.24, 2.45) is 0 Å². The molecule has 0 N–H and O–H groups in total. The van der Waals surface area contributed by atoms with Crippen LogP contribution in [0.2, 0.25) is 5.02 Å². The number of fused-ring (bicyclic) bond motifs is 1. The van der Waals surface area contributed by atoms with Gasteiger partial charge in [-0.25, -0.2) is 4.98 Å². The van der Waals surface area contributed by atoms with Crippen LogP contribution >= 0.6 is 22.9 Å². The van der Waals surface area contributed by atoms with Crippen LogP contribution in [0.3, 0.4) is 0 Å². The highest BCUT2D eigenvalue weighted by atomic mass is 35.5. The van der Waals surface area contributed by atoms with Crippen molar-refractivity contribution in [2.75, 3.05) is 7.05 Å². The Hall–Kier alpha value is -1.85. The van der Waals surface area contributed by atoms with Gasteiger partial charge in [0.15, 0.2) is 0 Å². The topological polar surface area (TPSA) is 38.1 Å². The van der Waals surface area contributed by atoms with E-state index in [1.165, 1.54) is 11.3 Å². The summed E-state index contributed by atoms with van der Waals surface area (Å²) in [6.45, 7) is 3.31. The van der Waals surface area contributed by atoms with Crippen molar-refractivity contribution in [3.63, 3.8) is 0 Å². The lowest BCUT2D eigenvalue weighted by atomic mass is 10.3. The molecule has 0 unspecified atom stereocenters. The first-order valence-electron chi connectivity index (χ1n) is 7.02. The van der Waals surface area contributed by atoms with E-state index in [-0.39, 0.29) is 5.91 Å². The van der Waals surface area contributed by atoms with Crippen LogP contribution in [0.5, 0.6) is 0 Å². The van der Waals surface area contributed by atoms with Crippen LogP contribution in [-0.2, 0) is 13.1 Å². The Morgan fingerprint density at radius 1 is 1.41 bits per heavy atom. The minimum absolute atomic E-state index is 0.00833. The third-order valence-electron chi connectivity index (χ3n) is 3.60. The van der Waals surface area contributed by atoms with E-state index in [9.17, 15) is 4.79 Å². The molecular weight excluding hydrogens is 318 g/mol. The van der Waals surface area contributed by atoms with Crippen LogP contribution in [0, 0.1) is 0 Å². The number of amides is 1. The molecule has 4 nitrogen and oxygen atoms in total. The van der Waals surface area contributed by atoms with Gasteiger partial charge in [-0.3, -0.25) is 4.79 Å². The summed E-state index contributed by atoms with van der Waals surface area (Å²) < 4.78 is 2.10. The fourth-order valence-electron chi connectivity index (χ4n) is 2.51. The Labute approximate surface area is 137 Å². The zero-order valence-electron chi connectivity index (χ0n) is 12.4. The van der Waals surface area contributed by atoms with Gasteiger partial charge in [-0.1, -0.05) is 11.6 Å². The minimum Gasteiger partial charge on any atom is -0.334 e. The number of imidazole rings is 1. The molecule has 0 radical (unpaired) electrons. The zero-order chi connectivity index (χ0) is 15.7. The third-order valence-corrected chi connectivity index (χ3v) is 4.52. The maximum absolute atomic E-state index is 12.4. The number of benzene rings is 1. The van der Waals surface area contributed by atoms with E-state index in [2.05, 4.69) is 16.5 Å². The fraction of sp³-hybridized carbons (Fsp3) is 0.250. The molecule has 1 amide bonds. The lowest BCUT2D eigenvalue weighted by molar-refractivity contribution is 0.0781. The van der Waals surface area contributed by atoms with E-state index in [0.29, 0.717) is 11.6 Å². The molecule has 3 aromatic rings. The molecule has 0 saturated carbocycles. The maximum atomic E-state index is 12.4. The molecule has 0 aliphatic carbocycles. The van der Waals surface area contributed by atoms with Crippen molar-refractivity contribution >= 4 is 39.9 Å². The number of rotatable bonds is 4. The molecule has 2 heterocycles. The molecule has 0 fully saturated rings. The summed E-state index contributed by atoms with van der Waals surface area (Å²) in [6, 6.07) is 7.50. The van der Waals surface area contributed by atoms with Crippen LogP contribution in [-0.4, -0.2) is 27.4 Å². The molecule has 0 aliphatic heterocycles. The Morgan fingerprint density at radius 3 is 2.91 bits per heavy atom. The van der Waals surface area contributed by atoms with Gasteiger partial charge in [0.05, 0.1) is 23.1 Å². The largest absolute Gasteiger partial charge is 0.334 e. The van der Waals surface area contributed by atoms with Crippen LogP contribution in [0.4, 0.5) is 0 Å². The van der Waals surface area contributed by atoms with Gasteiger partial charge < -0.3 is 9.47 Å². The number of carbonyl (C=O) groups excluding carboxylic acids is 1. The number of thiophene rings is 1. The van der Waals surface area contributed by atoms with E-state index in [0.717, 1.165) is 29.0 Å². The Balaban J connectivity index is 1.91. The van der Waals surface area contributed by atoms with Gasteiger partial charge in [0, 0.05) is 24.0 Å². The predicted molar refractivity (Wildman–Crippen MR) is 90.5 cm³/mol. The van der Waals surface area contributed by atoms with E-state index in [1.54, 1.807) is 11.9 Å². The molecule has 0 spiro atoms. The van der Waals surface area contributed by atoms with Crippen molar-refractivity contribution in [3.8, 4) is 0 Å². The average molecular weight is 334 g/mol. The van der Waals surface area contributed by atoms with Crippen molar-refractivity contribution in [1.82, 2.24) is 14.5 Å². The summed E-state index contributed by atoms with van der Waals surface area (Å²) in [7, 11) is 1.80. The lowest BCUT2D eigenvalue weighted by Gasteiger charge is -2.17. The van der Waals surface area contributed by atoms with E-state index in [1.807, 2.05) is 35.0 Å². The molecule has 0 atom stereocenters. The molecule has 0 bridgehead atoms. The van der Waals surface area contributed by atoms with Gasteiger partial charge in [0.2, 0.25) is 0 Å². The van der Waals surface area contributed by atoms with Gasteiger partial charge in [0.25, 0.3) is 5.91 Å². The van der Waals surface area contributed by atoms with Crippen LogP contribution in [0.25, 0.3) is 11.0 Å². The number of hydrogen-bond donors (Lipinski definition) is 0. The van der Waals surface area contributed by atoms with Crippen molar-refractivity contribution < 1.29 is 4.79 Å². The van der Waals surface area contributed by atoms with E-state index >= 15 is 0 Å². The second-order valence-corrected chi connectivity index (χ2v) is 6.30. The maximum Gasteiger partial charge on any atom is 0.254 e. The van der Waals surface area contributed by atoms with Crippen LogP contribution in [0.1, 0.15) is 23.1 Å². The van der Waals surface area contributed by atoms with Gasteiger partial charge in [-0.2, -0.15) is 11.3 Å².